The van der Waals surface area contributed by atoms with Gasteiger partial charge in [-0.05, 0) is 26.1 Å². The van der Waals surface area contributed by atoms with Crippen LogP contribution >= 0.6 is 0 Å². The van der Waals surface area contributed by atoms with Crippen molar-refractivity contribution in [3.8, 4) is 0 Å². The Kier molecular flexibility index (Phi) is 8.96. The van der Waals surface area contributed by atoms with E-state index in [2.05, 4.69) is 38.3 Å². The first-order valence-corrected chi connectivity index (χ1v) is 14.8. The maximum absolute atomic E-state index is 6.03. The third-order valence-corrected chi connectivity index (χ3v) is 17.3. The van der Waals surface area contributed by atoms with Crippen LogP contribution < -0.4 is 0 Å². The fourth-order valence-corrected chi connectivity index (χ4v) is 12.2. The van der Waals surface area contributed by atoms with Gasteiger partial charge in [0.15, 0.2) is 26.2 Å². The van der Waals surface area contributed by atoms with Crippen LogP contribution in [0.15, 0.2) is 11.8 Å². The molecule has 15 heavy (non-hydrogen) atoms. The molecule has 1 atom stereocenters. The van der Waals surface area contributed by atoms with E-state index < -0.39 is 16.9 Å². The summed E-state index contributed by atoms with van der Waals surface area (Å²) in [6.07, 6.45) is 6.12. The number of hydrogen-bond donors (Lipinski definition) is 0. The van der Waals surface area contributed by atoms with Crippen molar-refractivity contribution in [2.24, 2.45) is 0 Å². The van der Waals surface area contributed by atoms with Gasteiger partial charge >= 0.3 is 0 Å². The second kappa shape index (κ2) is 8.65. The van der Waals surface area contributed by atoms with Crippen molar-refractivity contribution in [3.05, 3.63) is 11.8 Å². The first-order valence-electron chi connectivity index (χ1n) is 5.85. The molecule has 0 aromatic rings. The molecule has 0 saturated heterocycles. The normalized spacial score (nSPS) is 15.7. The van der Waals surface area contributed by atoms with Crippen LogP contribution in [0.1, 0.15) is 26.2 Å². The second-order valence-corrected chi connectivity index (χ2v) is 19.1. The van der Waals surface area contributed by atoms with Crippen LogP contribution in [-0.2, 0) is 8.23 Å². The van der Waals surface area contributed by atoms with Gasteiger partial charge < -0.3 is 8.23 Å². The summed E-state index contributed by atoms with van der Waals surface area (Å²) in [5.74, 6) is 0. The number of rotatable bonds is 8. The SMILES string of the molecule is CCCCC=C[SiH](C)O[SiH2][Si](C)(C)O[SiH3]. The summed E-state index contributed by atoms with van der Waals surface area (Å²) in [6.45, 7) is 9.07. The smallest absolute Gasteiger partial charge is 0.184 e. The molecule has 0 aromatic carbocycles. The highest BCUT2D eigenvalue weighted by atomic mass is 29.2. The van der Waals surface area contributed by atoms with E-state index in [1.807, 2.05) is 0 Å². The minimum absolute atomic E-state index is 0.386. The molecule has 90 valence electrons. The van der Waals surface area contributed by atoms with Crippen LogP contribution in [-0.4, -0.2) is 36.6 Å². The van der Waals surface area contributed by atoms with E-state index in [0.29, 0.717) is 0 Å². The van der Waals surface area contributed by atoms with Crippen LogP contribution in [0, 0.1) is 0 Å². The van der Waals surface area contributed by atoms with E-state index in [-0.39, 0.29) is 9.28 Å². The van der Waals surface area contributed by atoms with Crippen LogP contribution in [0.5, 0.6) is 0 Å². The average molecular weight is 279 g/mol. The van der Waals surface area contributed by atoms with Crippen molar-refractivity contribution in [2.75, 3.05) is 0 Å². The molecule has 0 aromatic heterocycles. The fourth-order valence-electron chi connectivity index (χ4n) is 1.06. The maximum atomic E-state index is 6.03. The predicted octanol–water partition coefficient (Wildman–Crippen LogP) is 0.725. The minimum atomic E-state index is -1.32. The molecule has 1 unspecified atom stereocenters. The zero-order valence-corrected chi connectivity index (χ0v) is 16.4. The molecule has 0 amide bonds. The molecular weight excluding hydrogens is 252 g/mol. The van der Waals surface area contributed by atoms with Crippen molar-refractivity contribution < 1.29 is 8.23 Å². The first-order chi connectivity index (χ1) is 7.02. The molecule has 0 aliphatic heterocycles. The summed E-state index contributed by atoms with van der Waals surface area (Å²) in [6, 6.07) is 0. The Hall–Kier alpha value is 0.528. The lowest BCUT2D eigenvalue weighted by atomic mass is 10.2. The van der Waals surface area contributed by atoms with E-state index in [1.165, 1.54) is 19.3 Å². The predicted molar refractivity (Wildman–Crippen MR) is 79.8 cm³/mol. The second-order valence-electron chi connectivity index (χ2n) is 4.55. The zero-order valence-electron chi connectivity index (χ0n) is 10.9. The Morgan fingerprint density at radius 2 is 2.13 bits per heavy atom. The molecule has 0 rings (SSSR count). The third-order valence-electron chi connectivity index (χ3n) is 2.38. The summed E-state index contributed by atoms with van der Waals surface area (Å²) in [4.78, 5) is 0. The summed E-state index contributed by atoms with van der Waals surface area (Å²) in [5, 5.41) is 0. The molecule has 0 bridgehead atoms. The minimum Gasteiger partial charge on any atom is -0.464 e. The van der Waals surface area contributed by atoms with Gasteiger partial charge in [-0.2, -0.15) is 0 Å². The topological polar surface area (TPSA) is 18.5 Å². The summed E-state index contributed by atoms with van der Waals surface area (Å²) in [5.41, 5.74) is 2.33. The number of allylic oxidation sites excluding steroid dienone is 1. The van der Waals surface area contributed by atoms with Gasteiger partial charge in [0.2, 0.25) is 0 Å². The largest absolute Gasteiger partial charge is 0.464 e. The van der Waals surface area contributed by atoms with Gasteiger partial charge in [0.1, 0.15) is 10.5 Å². The highest BCUT2D eigenvalue weighted by Crippen LogP contribution is 2.02. The molecule has 0 aliphatic rings. The van der Waals surface area contributed by atoms with Gasteiger partial charge in [-0.15, -0.1) is 0 Å². The quantitative estimate of drug-likeness (QED) is 0.481. The Balaban J connectivity index is 3.65. The molecular formula is C9H26O2Si4. The van der Waals surface area contributed by atoms with Crippen LogP contribution in [0.4, 0.5) is 0 Å². The van der Waals surface area contributed by atoms with Gasteiger partial charge in [0, 0.05) is 0 Å². The maximum Gasteiger partial charge on any atom is 0.184 e. The van der Waals surface area contributed by atoms with Crippen LogP contribution in [0.2, 0.25) is 19.6 Å². The zero-order chi connectivity index (χ0) is 11.7. The first kappa shape index (κ1) is 15.5. The summed E-state index contributed by atoms with van der Waals surface area (Å²) in [7, 11) is -1.83. The molecule has 0 N–H and O–H groups in total. The summed E-state index contributed by atoms with van der Waals surface area (Å²) >= 11 is 0. The van der Waals surface area contributed by atoms with Gasteiger partial charge in [-0.1, -0.05) is 31.5 Å². The average Bonchev–Trinajstić information content (AvgIpc) is 2.22. The molecule has 0 aliphatic carbocycles. The van der Waals surface area contributed by atoms with Crippen LogP contribution in [0.25, 0.3) is 0 Å². The molecule has 0 radical (unpaired) electrons. The Morgan fingerprint density at radius 3 is 2.67 bits per heavy atom. The lowest BCUT2D eigenvalue weighted by Gasteiger charge is -2.21. The van der Waals surface area contributed by atoms with Crippen molar-refractivity contribution in [3.63, 3.8) is 0 Å². The van der Waals surface area contributed by atoms with Crippen molar-refractivity contribution in [1.29, 1.82) is 0 Å². The van der Waals surface area contributed by atoms with E-state index in [9.17, 15) is 0 Å². The highest BCUT2D eigenvalue weighted by Gasteiger charge is 2.21. The molecule has 0 saturated carbocycles. The van der Waals surface area contributed by atoms with E-state index in [0.717, 1.165) is 10.5 Å². The van der Waals surface area contributed by atoms with Gasteiger partial charge in [-0.3, -0.25) is 0 Å². The third kappa shape index (κ3) is 9.46. The monoisotopic (exact) mass is 278 g/mol. The van der Waals surface area contributed by atoms with Crippen molar-refractivity contribution in [2.45, 2.75) is 45.8 Å². The number of hydrogen-bond acceptors (Lipinski definition) is 2. The Labute approximate surface area is 103 Å². The van der Waals surface area contributed by atoms with E-state index >= 15 is 0 Å². The fraction of sp³-hybridized carbons (Fsp3) is 0.778. The molecule has 0 fully saturated rings. The Morgan fingerprint density at radius 1 is 1.47 bits per heavy atom. The highest BCUT2D eigenvalue weighted by molar-refractivity contribution is 7.19. The van der Waals surface area contributed by atoms with Gasteiger partial charge in [0.05, 0.1) is 0 Å². The van der Waals surface area contributed by atoms with Crippen LogP contribution in [0.3, 0.4) is 0 Å². The van der Waals surface area contributed by atoms with Gasteiger partial charge in [-0.25, -0.2) is 0 Å². The standard InChI is InChI=1S/C9H26O2Si4/c1-5-6-7-8-9-14(2)11-13-15(3,4)10-12/h8-9,14H,5-7,13H2,1-4,12H3. The molecule has 0 spiro atoms. The molecule has 0 heterocycles. The lowest BCUT2D eigenvalue weighted by Crippen LogP contribution is -2.41. The molecule has 6 heteroatoms. The summed E-state index contributed by atoms with van der Waals surface area (Å²) < 4.78 is 11.7. The Bertz CT molecular complexity index is 185. The van der Waals surface area contributed by atoms with E-state index in [1.54, 1.807) is 0 Å². The number of unbranched alkanes of at least 4 members (excludes halogenated alkanes) is 2. The van der Waals surface area contributed by atoms with Crippen molar-refractivity contribution >= 4 is 36.6 Å². The molecule has 2 nitrogen and oxygen atoms in total. The van der Waals surface area contributed by atoms with Gasteiger partial charge in [0.25, 0.3) is 0 Å². The lowest BCUT2D eigenvalue weighted by molar-refractivity contribution is 0.597. The van der Waals surface area contributed by atoms with E-state index in [4.69, 9.17) is 8.23 Å². The van der Waals surface area contributed by atoms with Crippen molar-refractivity contribution in [1.82, 2.24) is 0 Å².